The monoisotopic (exact) mass is 572 g/mol. The van der Waals surface area contributed by atoms with Crippen LogP contribution in [0.2, 0.25) is 5.02 Å². The summed E-state index contributed by atoms with van der Waals surface area (Å²) in [6, 6.07) is 13.7. The van der Waals surface area contributed by atoms with Crippen molar-refractivity contribution in [3.63, 3.8) is 0 Å². The molecule has 200 valence electrons. The van der Waals surface area contributed by atoms with E-state index in [-0.39, 0.29) is 28.5 Å². The molecule has 0 bridgehead atoms. The second-order valence-corrected chi connectivity index (χ2v) is 13.1. The summed E-state index contributed by atoms with van der Waals surface area (Å²) in [6.07, 6.45) is 4.83. The van der Waals surface area contributed by atoms with Crippen LogP contribution in [0.5, 0.6) is 5.75 Å². The fourth-order valence-electron chi connectivity index (χ4n) is 5.23. The Labute approximate surface area is 231 Å². The van der Waals surface area contributed by atoms with Crippen LogP contribution in [-0.4, -0.2) is 72.2 Å². The van der Waals surface area contributed by atoms with Crippen LogP contribution in [0.1, 0.15) is 18.4 Å². The Morgan fingerprint density at radius 1 is 1.08 bits per heavy atom. The van der Waals surface area contributed by atoms with Crippen LogP contribution in [0.3, 0.4) is 0 Å². The second-order valence-electron chi connectivity index (χ2n) is 9.56. The van der Waals surface area contributed by atoms with Crippen molar-refractivity contribution >= 4 is 45.3 Å². The predicted octanol–water partition coefficient (Wildman–Crippen LogP) is 2.93. The summed E-state index contributed by atoms with van der Waals surface area (Å²) in [6.45, 7) is 1.80. The van der Waals surface area contributed by atoms with Gasteiger partial charge < -0.3 is 20.6 Å². The van der Waals surface area contributed by atoms with E-state index in [2.05, 4.69) is 25.8 Å². The summed E-state index contributed by atoms with van der Waals surface area (Å²) in [5.74, 6) is 1.27. The van der Waals surface area contributed by atoms with Crippen molar-refractivity contribution in [2.45, 2.75) is 35.6 Å². The molecule has 12 heteroatoms. The maximum atomic E-state index is 13.0. The largest absolute Gasteiger partial charge is 0.508 e. The number of aromatic hydroxyl groups is 1. The molecule has 38 heavy (non-hydrogen) atoms. The number of hydrogen-bond donors (Lipinski definition) is 4. The van der Waals surface area contributed by atoms with Gasteiger partial charge in [0.15, 0.2) is 6.29 Å². The predicted molar refractivity (Wildman–Crippen MR) is 151 cm³/mol. The van der Waals surface area contributed by atoms with Crippen LogP contribution in [-0.2, 0) is 10.0 Å². The Kier molecular flexibility index (Phi) is 7.04. The van der Waals surface area contributed by atoms with Crippen molar-refractivity contribution in [1.82, 2.24) is 25.2 Å². The number of piperidine rings is 1. The van der Waals surface area contributed by atoms with Gasteiger partial charge in [-0.1, -0.05) is 23.7 Å². The number of aliphatic imine (C=N–C) groups is 1. The number of halogens is 1. The van der Waals surface area contributed by atoms with E-state index in [0.29, 0.717) is 31.0 Å². The van der Waals surface area contributed by atoms with Crippen LogP contribution < -0.4 is 16.0 Å². The van der Waals surface area contributed by atoms with Crippen LogP contribution >= 0.6 is 23.4 Å². The number of nitrogens with zero attached hydrogens (tertiary/aromatic N) is 3. The van der Waals surface area contributed by atoms with Gasteiger partial charge in [0.25, 0.3) is 0 Å². The summed E-state index contributed by atoms with van der Waals surface area (Å²) in [5, 5.41) is 21.3. The first-order valence-electron chi connectivity index (χ1n) is 12.6. The number of allylic oxidation sites excluding steroid dienone is 1. The number of phenolic OH excluding ortho intramolecular Hbond substituents is 1. The van der Waals surface area contributed by atoms with Crippen molar-refractivity contribution in [3.05, 3.63) is 76.6 Å². The Hall–Kier alpha value is -2.70. The van der Waals surface area contributed by atoms with Crippen molar-refractivity contribution in [2.75, 3.05) is 25.4 Å². The number of fused-ring (bicyclic) bond motifs is 1. The molecule has 2 aromatic rings. The number of phenols is 1. The molecule has 0 amide bonds. The first kappa shape index (κ1) is 25.6. The third-order valence-electron chi connectivity index (χ3n) is 7.14. The van der Waals surface area contributed by atoms with Crippen molar-refractivity contribution < 1.29 is 13.5 Å². The minimum absolute atomic E-state index is 0.122. The molecule has 0 aliphatic carbocycles. The summed E-state index contributed by atoms with van der Waals surface area (Å²) in [7, 11) is -3.54. The first-order valence-corrected chi connectivity index (χ1v) is 15.5. The maximum absolute atomic E-state index is 13.0. The van der Waals surface area contributed by atoms with E-state index in [4.69, 9.17) is 11.6 Å². The molecule has 9 nitrogen and oxygen atoms in total. The Bertz CT molecular complexity index is 1400. The zero-order chi connectivity index (χ0) is 26.3. The Balaban J connectivity index is 1.13. The molecule has 0 aromatic heterocycles. The van der Waals surface area contributed by atoms with Gasteiger partial charge in [-0.2, -0.15) is 4.31 Å². The highest BCUT2D eigenvalue weighted by atomic mass is 35.5. The van der Waals surface area contributed by atoms with Gasteiger partial charge in [0.1, 0.15) is 11.2 Å². The number of nitrogens with one attached hydrogen (secondary N) is 3. The SMILES string of the molecule is O=S(=O)(c1ccc(Cl)cc1)N1CCC(NC2N=CC=C(C3=C(c4cccc(O)c4)NC4SCCN34)N2)CC1. The van der Waals surface area contributed by atoms with Gasteiger partial charge in [-0.15, -0.1) is 11.8 Å². The van der Waals surface area contributed by atoms with Gasteiger partial charge in [-0.25, -0.2) is 8.42 Å². The molecule has 2 saturated heterocycles. The van der Waals surface area contributed by atoms with E-state index < -0.39 is 10.0 Å². The average Bonchev–Trinajstić information content (AvgIpc) is 3.51. The normalized spacial score (nSPS) is 24.2. The lowest BCUT2D eigenvalue weighted by Gasteiger charge is -2.34. The van der Waals surface area contributed by atoms with E-state index in [1.807, 2.05) is 36.2 Å². The number of rotatable bonds is 6. The van der Waals surface area contributed by atoms with Crippen LogP contribution in [0.4, 0.5) is 0 Å². The molecule has 0 radical (unpaired) electrons. The van der Waals surface area contributed by atoms with E-state index >= 15 is 0 Å². The first-order chi connectivity index (χ1) is 18.4. The van der Waals surface area contributed by atoms with Gasteiger partial charge in [-0.05, 0) is 55.3 Å². The summed E-state index contributed by atoms with van der Waals surface area (Å²) in [5.41, 5.74) is 4.08. The van der Waals surface area contributed by atoms with E-state index in [1.54, 1.807) is 40.7 Å². The van der Waals surface area contributed by atoms with E-state index in [9.17, 15) is 13.5 Å². The highest BCUT2D eigenvalue weighted by molar-refractivity contribution is 8.00. The van der Waals surface area contributed by atoms with Crippen LogP contribution in [0, 0.1) is 0 Å². The van der Waals surface area contributed by atoms with Crippen molar-refractivity contribution in [3.8, 4) is 5.75 Å². The fourth-order valence-corrected chi connectivity index (χ4v) is 7.95. The van der Waals surface area contributed by atoms with Crippen molar-refractivity contribution in [2.24, 2.45) is 4.99 Å². The number of hydrogen-bond acceptors (Lipinski definition) is 9. The molecule has 4 aliphatic rings. The summed E-state index contributed by atoms with van der Waals surface area (Å²) in [4.78, 5) is 7.20. The molecule has 2 atom stereocenters. The highest BCUT2D eigenvalue weighted by Crippen LogP contribution is 2.39. The van der Waals surface area contributed by atoms with Gasteiger partial charge in [-0.3, -0.25) is 10.3 Å². The van der Waals surface area contributed by atoms with Crippen molar-refractivity contribution in [1.29, 1.82) is 0 Å². The third-order valence-corrected chi connectivity index (χ3v) is 10.4. The van der Waals surface area contributed by atoms with Gasteiger partial charge in [0.2, 0.25) is 10.0 Å². The molecule has 0 saturated carbocycles. The molecule has 0 spiro atoms. The molecule has 4 aliphatic heterocycles. The molecular weight excluding hydrogens is 544 g/mol. The molecule has 4 heterocycles. The molecule has 2 unspecified atom stereocenters. The van der Waals surface area contributed by atoms with Gasteiger partial charge in [0.05, 0.1) is 22.0 Å². The number of sulfonamides is 1. The summed E-state index contributed by atoms with van der Waals surface area (Å²) < 4.78 is 27.6. The molecule has 4 N–H and O–H groups in total. The molecule has 2 fully saturated rings. The average molecular weight is 573 g/mol. The Morgan fingerprint density at radius 2 is 1.87 bits per heavy atom. The lowest BCUT2D eigenvalue weighted by Crippen LogP contribution is -2.52. The highest BCUT2D eigenvalue weighted by Gasteiger charge is 2.38. The minimum Gasteiger partial charge on any atom is -0.508 e. The molecular formula is C26H29ClN6O3S2. The van der Waals surface area contributed by atoms with Gasteiger partial charge >= 0.3 is 0 Å². The maximum Gasteiger partial charge on any atom is 0.243 e. The topological polar surface area (TPSA) is 109 Å². The standard InChI is InChI=1S/C26H29ClN6O3S2/c27-18-4-6-21(7-5-18)38(35,36)32-12-9-19(10-13-32)29-25-28-11-8-22(30-25)24-23(17-2-1-3-20(34)16-17)31-26-33(24)14-15-37-26/h1-8,11,16,19,25-26,29-31,34H,9-10,12-15H2. The van der Waals surface area contributed by atoms with E-state index in [1.165, 1.54) is 0 Å². The zero-order valence-corrected chi connectivity index (χ0v) is 22.9. The van der Waals surface area contributed by atoms with E-state index in [0.717, 1.165) is 35.0 Å². The Morgan fingerprint density at radius 3 is 2.63 bits per heavy atom. The third kappa shape index (κ3) is 5.01. The molecule has 6 rings (SSSR count). The van der Waals surface area contributed by atoms with Gasteiger partial charge in [0, 0.05) is 48.2 Å². The summed E-state index contributed by atoms with van der Waals surface area (Å²) >= 11 is 7.78. The second kappa shape index (κ2) is 10.5. The fraction of sp³-hybridized carbons (Fsp3) is 0.346. The van der Waals surface area contributed by atoms with Crippen LogP contribution in [0.15, 0.2) is 75.9 Å². The lowest BCUT2D eigenvalue weighted by atomic mass is 10.1. The lowest BCUT2D eigenvalue weighted by molar-refractivity contribution is 0.265. The van der Waals surface area contributed by atoms with Crippen LogP contribution in [0.25, 0.3) is 5.70 Å². The smallest absolute Gasteiger partial charge is 0.243 e. The quantitative estimate of drug-likeness (QED) is 0.418. The zero-order valence-electron chi connectivity index (χ0n) is 20.5. The number of benzene rings is 2. The minimum atomic E-state index is -3.54. The number of thioether (sulfide) groups is 1. The molecule has 2 aromatic carbocycles.